The lowest BCUT2D eigenvalue weighted by Gasteiger charge is -2.15. The fourth-order valence-electron chi connectivity index (χ4n) is 0.994. The molecule has 0 radical (unpaired) electrons. The monoisotopic (exact) mass is 221 g/mol. The molecule has 1 aromatic heterocycles. The number of aromatic nitrogens is 3. The van der Waals surface area contributed by atoms with Crippen LogP contribution in [0.1, 0.15) is 5.82 Å². The zero-order valence-electron chi connectivity index (χ0n) is 8.97. The minimum atomic E-state index is -0.731. The van der Waals surface area contributed by atoms with Crippen LogP contribution < -0.4 is 15.4 Å². The van der Waals surface area contributed by atoms with Crippen LogP contribution in [0.3, 0.4) is 0 Å². The molecule has 0 spiro atoms. The number of anilines is 1. The fourth-order valence-corrected chi connectivity index (χ4v) is 0.994. The third kappa shape index (κ3) is 2.57. The van der Waals surface area contributed by atoms with Crippen LogP contribution >= 0.6 is 0 Å². The molecule has 7 nitrogen and oxygen atoms in total. The van der Waals surface area contributed by atoms with Crippen molar-refractivity contribution in [2.75, 3.05) is 18.6 Å². The van der Waals surface area contributed by atoms with Crippen molar-refractivity contribution in [1.29, 1.82) is 0 Å². The van der Waals surface area contributed by atoms with E-state index in [0.29, 0.717) is 5.82 Å². The summed E-state index contributed by atoms with van der Waals surface area (Å²) in [4.78, 5) is 23.9. The first kappa shape index (κ1) is 11.7. The van der Waals surface area contributed by atoms with Crippen LogP contribution in [0.25, 0.3) is 0 Å². The quantitative estimate of drug-likeness (QED) is 0.707. The van der Waals surface area contributed by atoms with Crippen molar-refractivity contribution in [2.24, 2.45) is 5.73 Å². The molecule has 16 heavy (non-hydrogen) atoms. The summed E-state index contributed by atoms with van der Waals surface area (Å²) in [5.41, 5.74) is 5.15. The van der Waals surface area contributed by atoms with E-state index >= 15 is 0 Å². The molecule has 0 aliphatic heterocycles. The molecule has 0 aromatic carbocycles. The molecule has 1 heterocycles. The van der Waals surface area contributed by atoms with Gasteiger partial charge in [-0.05, 0) is 6.92 Å². The van der Waals surface area contributed by atoms with Gasteiger partial charge in [-0.15, -0.1) is 6.42 Å². The van der Waals surface area contributed by atoms with E-state index in [0.717, 1.165) is 4.90 Å². The van der Waals surface area contributed by atoms with E-state index in [1.54, 1.807) is 6.92 Å². The number of carbonyl (C=O) groups excluding carboxylic acids is 1. The van der Waals surface area contributed by atoms with E-state index in [-0.39, 0.29) is 18.5 Å². The molecular formula is C9H11N5O2. The number of ether oxygens (including phenoxy) is 1. The van der Waals surface area contributed by atoms with Gasteiger partial charge in [-0.2, -0.15) is 15.0 Å². The first-order valence-electron chi connectivity index (χ1n) is 4.35. The Kier molecular flexibility index (Phi) is 3.61. The minimum Gasteiger partial charge on any atom is -0.467 e. The van der Waals surface area contributed by atoms with Gasteiger partial charge in [0.05, 0.1) is 13.7 Å². The van der Waals surface area contributed by atoms with Gasteiger partial charge in [-0.25, -0.2) is 4.79 Å². The molecule has 2 N–H and O–H groups in total. The average molecular weight is 221 g/mol. The number of carbonyl (C=O) groups is 1. The van der Waals surface area contributed by atoms with Gasteiger partial charge in [0.2, 0.25) is 5.95 Å². The number of primary amides is 1. The summed E-state index contributed by atoms with van der Waals surface area (Å²) in [6, 6.07) is -0.628. The van der Waals surface area contributed by atoms with Gasteiger partial charge in [-0.3, -0.25) is 4.90 Å². The Bertz CT molecular complexity index is 440. The molecule has 0 bridgehead atoms. The van der Waals surface area contributed by atoms with Gasteiger partial charge >= 0.3 is 12.0 Å². The Hall–Kier alpha value is -2.36. The van der Waals surface area contributed by atoms with Gasteiger partial charge in [0.25, 0.3) is 0 Å². The van der Waals surface area contributed by atoms with Crippen molar-refractivity contribution >= 4 is 12.0 Å². The molecule has 0 atom stereocenters. The molecule has 1 aromatic rings. The van der Waals surface area contributed by atoms with Gasteiger partial charge in [0, 0.05) is 0 Å². The van der Waals surface area contributed by atoms with Crippen molar-refractivity contribution in [2.45, 2.75) is 6.92 Å². The van der Waals surface area contributed by atoms with Crippen LogP contribution in [0, 0.1) is 19.3 Å². The second kappa shape index (κ2) is 4.93. The van der Waals surface area contributed by atoms with Crippen molar-refractivity contribution < 1.29 is 9.53 Å². The maximum absolute atomic E-state index is 11.1. The van der Waals surface area contributed by atoms with E-state index in [9.17, 15) is 4.79 Å². The summed E-state index contributed by atoms with van der Waals surface area (Å²) in [6.07, 6.45) is 5.11. The standard InChI is InChI=1S/C9H11N5O2/c1-4-5-14(7(10)15)8-11-6(2)12-9(13-8)16-3/h1H,5H2,2-3H3,(H2,10,15). The number of aryl methyl sites for hydroxylation is 1. The first-order chi connectivity index (χ1) is 7.58. The largest absolute Gasteiger partial charge is 0.467 e. The molecule has 0 saturated heterocycles. The Morgan fingerprint density at radius 2 is 2.25 bits per heavy atom. The molecule has 84 valence electrons. The minimum absolute atomic E-state index is 0.0120. The number of methoxy groups -OCH3 is 1. The van der Waals surface area contributed by atoms with Gasteiger partial charge in [-0.1, -0.05) is 5.92 Å². The average Bonchev–Trinajstić information content (AvgIpc) is 2.24. The summed E-state index contributed by atoms with van der Waals surface area (Å²) >= 11 is 0. The first-order valence-corrected chi connectivity index (χ1v) is 4.35. The SMILES string of the molecule is C#CCN(C(N)=O)c1nc(C)nc(OC)n1. The van der Waals surface area contributed by atoms with Crippen molar-refractivity contribution in [1.82, 2.24) is 15.0 Å². The van der Waals surface area contributed by atoms with Crippen molar-refractivity contribution in [3.8, 4) is 18.4 Å². The third-order valence-corrected chi connectivity index (χ3v) is 1.65. The number of nitrogens with two attached hydrogens (primary N) is 1. The highest BCUT2D eigenvalue weighted by molar-refractivity contribution is 5.89. The number of amides is 2. The van der Waals surface area contributed by atoms with Gasteiger partial charge < -0.3 is 10.5 Å². The zero-order valence-corrected chi connectivity index (χ0v) is 8.97. The lowest BCUT2D eigenvalue weighted by Crippen LogP contribution is -2.37. The fraction of sp³-hybridized carbons (Fsp3) is 0.333. The van der Waals surface area contributed by atoms with E-state index in [1.165, 1.54) is 7.11 Å². The highest BCUT2D eigenvalue weighted by Gasteiger charge is 2.16. The predicted octanol–water partition coefficient (Wildman–Crippen LogP) is -0.293. The topological polar surface area (TPSA) is 94.2 Å². The molecule has 0 aliphatic carbocycles. The van der Waals surface area contributed by atoms with Gasteiger partial charge in [0.15, 0.2) is 0 Å². The summed E-state index contributed by atoms with van der Waals surface area (Å²) in [6.45, 7) is 1.63. The molecule has 0 unspecified atom stereocenters. The number of hydrogen-bond donors (Lipinski definition) is 1. The van der Waals surface area contributed by atoms with Crippen LogP contribution in [-0.2, 0) is 0 Å². The summed E-state index contributed by atoms with van der Waals surface area (Å²) in [5.74, 6) is 2.77. The lowest BCUT2D eigenvalue weighted by atomic mass is 10.5. The van der Waals surface area contributed by atoms with Crippen LogP contribution in [0.5, 0.6) is 6.01 Å². The highest BCUT2D eigenvalue weighted by Crippen LogP contribution is 2.11. The number of nitrogens with zero attached hydrogens (tertiary/aromatic N) is 4. The van der Waals surface area contributed by atoms with E-state index in [1.807, 2.05) is 0 Å². The maximum atomic E-state index is 11.1. The molecule has 1 rings (SSSR count). The van der Waals surface area contributed by atoms with E-state index in [4.69, 9.17) is 16.9 Å². The van der Waals surface area contributed by atoms with Crippen LogP contribution in [0.15, 0.2) is 0 Å². The number of terminal acetylenes is 1. The van der Waals surface area contributed by atoms with E-state index in [2.05, 4.69) is 20.9 Å². The molecule has 0 aliphatic rings. The van der Waals surface area contributed by atoms with Gasteiger partial charge in [0.1, 0.15) is 5.82 Å². The Labute approximate surface area is 92.7 Å². The Morgan fingerprint density at radius 3 is 2.75 bits per heavy atom. The maximum Gasteiger partial charge on any atom is 0.322 e. The molecule has 0 fully saturated rings. The second-order valence-electron chi connectivity index (χ2n) is 2.80. The second-order valence-corrected chi connectivity index (χ2v) is 2.80. The van der Waals surface area contributed by atoms with E-state index < -0.39 is 6.03 Å². The van der Waals surface area contributed by atoms with Crippen LogP contribution in [-0.4, -0.2) is 34.6 Å². The normalized spacial score (nSPS) is 9.31. The Balaban J connectivity index is 3.14. The lowest BCUT2D eigenvalue weighted by molar-refractivity contribution is 0.254. The zero-order chi connectivity index (χ0) is 12.1. The summed E-state index contributed by atoms with van der Waals surface area (Å²) in [5, 5.41) is 0. The molecule has 2 amide bonds. The third-order valence-electron chi connectivity index (χ3n) is 1.65. The summed E-state index contributed by atoms with van der Waals surface area (Å²) in [7, 11) is 1.41. The molecule has 7 heteroatoms. The van der Waals surface area contributed by atoms with Crippen molar-refractivity contribution in [3.05, 3.63) is 5.82 Å². The smallest absolute Gasteiger partial charge is 0.322 e. The molecular weight excluding hydrogens is 210 g/mol. The van der Waals surface area contributed by atoms with Crippen LogP contribution in [0.2, 0.25) is 0 Å². The summed E-state index contributed by atoms with van der Waals surface area (Å²) < 4.78 is 4.85. The predicted molar refractivity (Wildman–Crippen MR) is 56.9 cm³/mol. The number of urea groups is 1. The van der Waals surface area contributed by atoms with Crippen LogP contribution in [0.4, 0.5) is 10.7 Å². The molecule has 0 saturated carbocycles. The number of hydrogen-bond acceptors (Lipinski definition) is 5. The number of rotatable bonds is 3. The van der Waals surface area contributed by atoms with Crippen molar-refractivity contribution in [3.63, 3.8) is 0 Å². The Morgan fingerprint density at radius 1 is 1.56 bits per heavy atom. The highest BCUT2D eigenvalue weighted by atomic mass is 16.5.